The second kappa shape index (κ2) is 6.57. The molecule has 2 N–H and O–H groups in total. The Balaban J connectivity index is 2.20. The van der Waals surface area contributed by atoms with Crippen molar-refractivity contribution >= 4 is 22.3 Å². The number of nitriles is 1. The number of hydrogen-bond acceptors (Lipinski definition) is 6. The number of anilines is 2. The van der Waals surface area contributed by atoms with Crippen LogP contribution in [0.5, 0.6) is 17.2 Å². The van der Waals surface area contributed by atoms with Crippen LogP contribution in [0, 0.1) is 18.3 Å². The summed E-state index contributed by atoms with van der Waals surface area (Å²) in [5.74, 6) is 1.29. The third kappa shape index (κ3) is 3.00. The van der Waals surface area contributed by atoms with Crippen LogP contribution in [-0.2, 0) is 0 Å². The molecule has 6 heteroatoms. The van der Waals surface area contributed by atoms with Crippen LogP contribution in [0.4, 0.5) is 11.4 Å². The van der Waals surface area contributed by atoms with Crippen LogP contribution in [0.2, 0.25) is 0 Å². The zero-order chi connectivity index (χ0) is 18.0. The van der Waals surface area contributed by atoms with Gasteiger partial charge in [0.05, 0.1) is 31.0 Å². The number of nitrogens with zero attached hydrogens (tertiary/aromatic N) is 2. The number of aromatic nitrogens is 1. The van der Waals surface area contributed by atoms with E-state index in [2.05, 4.69) is 16.4 Å². The van der Waals surface area contributed by atoms with Crippen molar-refractivity contribution in [2.45, 2.75) is 6.92 Å². The Kier molecular flexibility index (Phi) is 4.31. The average Bonchev–Trinajstić information content (AvgIpc) is 2.63. The maximum atomic E-state index is 9.91. The van der Waals surface area contributed by atoms with Gasteiger partial charge in [-0.25, -0.2) is 0 Å². The zero-order valence-corrected chi connectivity index (χ0v) is 14.1. The van der Waals surface area contributed by atoms with E-state index in [1.807, 2.05) is 13.0 Å². The first-order valence-corrected chi connectivity index (χ1v) is 7.59. The average molecular weight is 335 g/mol. The van der Waals surface area contributed by atoms with Gasteiger partial charge in [-0.05, 0) is 24.6 Å². The number of methoxy groups -OCH3 is 2. The minimum absolute atomic E-state index is 0.182. The van der Waals surface area contributed by atoms with E-state index in [0.717, 1.165) is 10.9 Å². The molecule has 0 saturated heterocycles. The number of benzene rings is 2. The minimum atomic E-state index is 0.182. The molecule has 0 fully saturated rings. The maximum Gasteiger partial charge on any atom is 0.162 e. The molecule has 0 bridgehead atoms. The first-order valence-electron chi connectivity index (χ1n) is 7.59. The van der Waals surface area contributed by atoms with E-state index in [4.69, 9.17) is 9.47 Å². The molecule has 0 atom stereocenters. The topological polar surface area (TPSA) is 87.4 Å². The Morgan fingerprint density at radius 2 is 1.84 bits per heavy atom. The fraction of sp³-hybridized carbons (Fsp3) is 0.158. The van der Waals surface area contributed by atoms with Crippen LogP contribution in [0.1, 0.15) is 11.1 Å². The Morgan fingerprint density at radius 3 is 2.48 bits per heavy atom. The Hall–Kier alpha value is -3.46. The third-order valence-electron chi connectivity index (χ3n) is 3.97. The van der Waals surface area contributed by atoms with Crippen LogP contribution in [0.25, 0.3) is 10.9 Å². The predicted molar refractivity (Wildman–Crippen MR) is 95.7 cm³/mol. The van der Waals surface area contributed by atoms with E-state index in [9.17, 15) is 10.4 Å². The molecule has 0 spiro atoms. The standard InChI is InChI=1S/C19H17N3O3/c1-11-4-5-13(6-16(11)23)22-19-12(9-20)10-21-15-8-18(25-3)17(24-2)7-14(15)19/h4-8,10,23H,1-3H3,(H,21,22). The number of rotatable bonds is 4. The fourth-order valence-electron chi connectivity index (χ4n) is 2.57. The van der Waals surface area contributed by atoms with Gasteiger partial charge in [-0.1, -0.05) is 6.07 Å². The van der Waals surface area contributed by atoms with E-state index < -0.39 is 0 Å². The second-order valence-electron chi connectivity index (χ2n) is 5.51. The van der Waals surface area contributed by atoms with E-state index in [1.165, 1.54) is 6.20 Å². The van der Waals surface area contributed by atoms with Gasteiger partial charge in [0.15, 0.2) is 11.5 Å². The van der Waals surface area contributed by atoms with Gasteiger partial charge in [0, 0.05) is 29.4 Å². The third-order valence-corrected chi connectivity index (χ3v) is 3.97. The largest absolute Gasteiger partial charge is 0.508 e. The van der Waals surface area contributed by atoms with Crippen molar-refractivity contribution in [3.05, 3.63) is 47.7 Å². The van der Waals surface area contributed by atoms with Crippen molar-refractivity contribution in [3.8, 4) is 23.3 Å². The quantitative estimate of drug-likeness (QED) is 0.752. The highest BCUT2D eigenvalue weighted by Crippen LogP contribution is 2.37. The van der Waals surface area contributed by atoms with Gasteiger partial charge in [0.25, 0.3) is 0 Å². The molecular formula is C19H17N3O3. The van der Waals surface area contributed by atoms with Crippen molar-refractivity contribution in [1.29, 1.82) is 5.26 Å². The summed E-state index contributed by atoms with van der Waals surface area (Å²) in [5.41, 5.74) is 3.09. The molecular weight excluding hydrogens is 318 g/mol. The maximum absolute atomic E-state index is 9.91. The lowest BCUT2D eigenvalue weighted by Crippen LogP contribution is -1.98. The van der Waals surface area contributed by atoms with E-state index in [1.54, 1.807) is 38.5 Å². The molecule has 0 amide bonds. The lowest BCUT2D eigenvalue weighted by molar-refractivity contribution is 0.356. The van der Waals surface area contributed by atoms with Crippen molar-refractivity contribution in [1.82, 2.24) is 4.98 Å². The molecule has 126 valence electrons. The van der Waals surface area contributed by atoms with Crippen molar-refractivity contribution in [2.24, 2.45) is 0 Å². The molecule has 0 aliphatic carbocycles. The van der Waals surface area contributed by atoms with Gasteiger partial charge in [0.1, 0.15) is 11.8 Å². The molecule has 1 heterocycles. The Morgan fingerprint density at radius 1 is 1.12 bits per heavy atom. The zero-order valence-electron chi connectivity index (χ0n) is 14.1. The summed E-state index contributed by atoms with van der Waals surface area (Å²) >= 11 is 0. The van der Waals surface area contributed by atoms with E-state index in [-0.39, 0.29) is 5.75 Å². The molecule has 6 nitrogen and oxygen atoms in total. The summed E-state index contributed by atoms with van der Waals surface area (Å²) in [5, 5.41) is 23.3. The van der Waals surface area contributed by atoms with Crippen LogP contribution in [-0.4, -0.2) is 24.3 Å². The summed E-state index contributed by atoms with van der Waals surface area (Å²) in [6.45, 7) is 1.82. The van der Waals surface area contributed by atoms with Gasteiger partial charge in [0.2, 0.25) is 0 Å². The van der Waals surface area contributed by atoms with Crippen LogP contribution >= 0.6 is 0 Å². The highest BCUT2D eigenvalue weighted by molar-refractivity contribution is 5.97. The highest BCUT2D eigenvalue weighted by Gasteiger charge is 2.14. The summed E-state index contributed by atoms with van der Waals surface area (Å²) in [7, 11) is 3.11. The number of ether oxygens (including phenoxy) is 2. The summed E-state index contributed by atoms with van der Waals surface area (Å²) < 4.78 is 10.7. The SMILES string of the molecule is COc1cc2ncc(C#N)c(Nc3ccc(C)c(O)c3)c2cc1OC. The molecule has 0 saturated carbocycles. The first kappa shape index (κ1) is 16.4. The highest BCUT2D eigenvalue weighted by atomic mass is 16.5. The molecule has 0 radical (unpaired) electrons. The van der Waals surface area contributed by atoms with E-state index in [0.29, 0.717) is 34.0 Å². The first-order chi connectivity index (χ1) is 12.1. The van der Waals surface area contributed by atoms with Crippen LogP contribution in [0.15, 0.2) is 36.5 Å². The molecule has 2 aromatic carbocycles. The number of phenols is 1. The predicted octanol–water partition coefficient (Wildman–Crippen LogP) is 3.88. The smallest absolute Gasteiger partial charge is 0.162 e. The lowest BCUT2D eigenvalue weighted by atomic mass is 10.1. The Labute approximate surface area is 145 Å². The number of hydrogen-bond donors (Lipinski definition) is 2. The normalized spacial score (nSPS) is 10.3. The number of nitrogens with one attached hydrogen (secondary N) is 1. The molecule has 0 unspecified atom stereocenters. The molecule has 0 aliphatic heterocycles. The molecule has 25 heavy (non-hydrogen) atoms. The number of aromatic hydroxyl groups is 1. The van der Waals surface area contributed by atoms with Gasteiger partial charge in [-0.3, -0.25) is 4.98 Å². The van der Waals surface area contributed by atoms with Gasteiger partial charge < -0.3 is 19.9 Å². The summed E-state index contributed by atoms with van der Waals surface area (Å²) in [4.78, 5) is 4.32. The second-order valence-corrected chi connectivity index (χ2v) is 5.51. The lowest BCUT2D eigenvalue weighted by Gasteiger charge is -2.14. The number of pyridine rings is 1. The molecule has 1 aromatic heterocycles. The van der Waals surface area contributed by atoms with Crippen molar-refractivity contribution in [2.75, 3.05) is 19.5 Å². The van der Waals surface area contributed by atoms with E-state index >= 15 is 0 Å². The minimum Gasteiger partial charge on any atom is -0.508 e. The van der Waals surface area contributed by atoms with Gasteiger partial charge in [-0.2, -0.15) is 5.26 Å². The molecule has 0 aliphatic rings. The number of phenolic OH excluding ortho intramolecular Hbond substituents is 1. The number of aryl methyl sites for hydroxylation is 1. The van der Waals surface area contributed by atoms with Gasteiger partial charge >= 0.3 is 0 Å². The summed E-state index contributed by atoms with van der Waals surface area (Å²) in [6.07, 6.45) is 1.50. The fourth-order valence-corrected chi connectivity index (χ4v) is 2.57. The van der Waals surface area contributed by atoms with Crippen LogP contribution < -0.4 is 14.8 Å². The Bertz CT molecular complexity index is 993. The monoisotopic (exact) mass is 335 g/mol. The molecule has 3 rings (SSSR count). The van der Waals surface area contributed by atoms with Crippen molar-refractivity contribution in [3.63, 3.8) is 0 Å². The van der Waals surface area contributed by atoms with Gasteiger partial charge in [-0.15, -0.1) is 0 Å². The van der Waals surface area contributed by atoms with Crippen molar-refractivity contribution < 1.29 is 14.6 Å². The molecule has 3 aromatic rings. The summed E-state index contributed by atoms with van der Waals surface area (Å²) in [6, 6.07) is 10.9. The van der Waals surface area contributed by atoms with Crippen LogP contribution in [0.3, 0.4) is 0 Å². The number of fused-ring (bicyclic) bond motifs is 1.